The summed E-state index contributed by atoms with van der Waals surface area (Å²) in [6, 6.07) is 7.45. The lowest BCUT2D eigenvalue weighted by molar-refractivity contribution is 0.411. The highest BCUT2D eigenvalue weighted by Gasteiger charge is 2.13. The Hall–Kier alpha value is -1.86. The highest BCUT2D eigenvalue weighted by molar-refractivity contribution is 9.10. The molecule has 2 aromatic heterocycles. The highest BCUT2D eigenvalue weighted by Crippen LogP contribution is 2.36. The molecule has 0 bridgehead atoms. The number of ether oxygens (including phenoxy) is 2. The van der Waals surface area contributed by atoms with Crippen LogP contribution in [0.5, 0.6) is 17.4 Å². The Balaban J connectivity index is 2.05. The van der Waals surface area contributed by atoms with Crippen LogP contribution in [-0.4, -0.2) is 17.1 Å². The molecule has 21 heavy (non-hydrogen) atoms. The molecular formula is C14H12BrN3O2S. The zero-order chi connectivity index (χ0) is 15.0. The molecule has 0 atom stereocenters. The normalized spacial score (nSPS) is 10.8. The summed E-state index contributed by atoms with van der Waals surface area (Å²) in [5, 5.41) is 0.856. The van der Waals surface area contributed by atoms with Crippen molar-refractivity contribution in [3.8, 4) is 17.4 Å². The molecule has 108 valence electrons. The predicted octanol–water partition coefficient (Wildman–Crippen LogP) is 4.15. The number of anilines is 1. The Bertz CT molecular complexity index is 819. The van der Waals surface area contributed by atoms with E-state index >= 15 is 0 Å². The zero-order valence-electron chi connectivity index (χ0n) is 11.4. The molecule has 0 saturated heterocycles. The van der Waals surface area contributed by atoms with Crippen molar-refractivity contribution < 1.29 is 9.47 Å². The third kappa shape index (κ3) is 2.79. The van der Waals surface area contributed by atoms with E-state index < -0.39 is 0 Å². The molecule has 0 unspecified atom stereocenters. The van der Waals surface area contributed by atoms with E-state index in [0.717, 1.165) is 25.3 Å². The second-order valence-electron chi connectivity index (χ2n) is 4.36. The van der Waals surface area contributed by atoms with Gasteiger partial charge in [-0.2, -0.15) is 4.98 Å². The molecule has 0 aliphatic carbocycles. The Morgan fingerprint density at radius 1 is 1.24 bits per heavy atom. The number of nitrogens with zero attached hydrogens (tertiary/aromatic N) is 2. The summed E-state index contributed by atoms with van der Waals surface area (Å²) < 4.78 is 11.8. The van der Waals surface area contributed by atoms with Gasteiger partial charge in [0.2, 0.25) is 11.8 Å². The first-order valence-electron chi connectivity index (χ1n) is 6.12. The molecule has 0 radical (unpaired) electrons. The Kier molecular flexibility index (Phi) is 3.69. The first-order valence-corrected chi connectivity index (χ1v) is 7.73. The second-order valence-corrected chi connectivity index (χ2v) is 6.45. The molecule has 0 fully saturated rings. The average Bonchev–Trinajstić information content (AvgIpc) is 2.81. The van der Waals surface area contributed by atoms with Crippen LogP contribution in [0.2, 0.25) is 0 Å². The van der Waals surface area contributed by atoms with E-state index in [4.69, 9.17) is 15.2 Å². The van der Waals surface area contributed by atoms with Crippen LogP contribution in [0.4, 0.5) is 5.95 Å². The van der Waals surface area contributed by atoms with Gasteiger partial charge in [-0.3, -0.25) is 0 Å². The summed E-state index contributed by atoms with van der Waals surface area (Å²) in [4.78, 5) is 10.4. The van der Waals surface area contributed by atoms with Crippen molar-refractivity contribution in [2.24, 2.45) is 0 Å². The van der Waals surface area contributed by atoms with Gasteiger partial charge < -0.3 is 15.2 Å². The third-order valence-corrected chi connectivity index (χ3v) is 4.41. The smallest absolute Gasteiger partial charge is 0.232 e. The van der Waals surface area contributed by atoms with Gasteiger partial charge in [-0.1, -0.05) is 0 Å². The SMILES string of the molecule is COc1ccc(Oc2nc(N)nc3sc(C)cc23)c(Br)c1. The quantitative estimate of drug-likeness (QED) is 0.754. The maximum Gasteiger partial charge on any atom is 0.232 e. The van der Waals surface area contributed by atoms with Crippen LogP contribution >= 0.6 is 27.3 Å². The third-order valence-electron chi connectivity index (χ3n) is 2.84. The fourth-order valence-corrected chi connectivity index (χ4v) is 3.22. The van der Waals surface area contributed by atoms with E-state index in [1.807, 2.05) is 31.2 Å². The van der Waals surface area contributed by atoms with Crippen molar-refractivity contribution in [1.82, 2.24) is 9.97 Å². The van der Waals surface area contributed by atoms with Gasteiger partial charge >= 0.3 is 0 Å². The largest absolute Gasteiger partial charge is 0.497 e. The predicted molar refractivity (Wildman–Crippen MR) is 87.3 cm³/mol. The lowest BCUT2D eigenvalue weighted by atomic mass is 10.3. The number of thiophene rings is 1. The maximum absolute atomic E-state index is 5.89. The fraction of sp³-hybridized carbons (Fsp3) is 0.143. The summed E-state index contributed by atoms with van der Waals surface area (Å²) in [5.41, 5.74) is 5.74. The molecule has 0 amide bonds. The number of halogens is 1. The number of hydrogen-bond acceptors (Lipinski definition) is 6. The summed E-state index contributed by atoms with van der Waals surface area (Å²) in [6.45, 7) is 2.01. The van der Waals surface area contributed by atoms with Crippen molar-refractivity contribution in [2.75, 3.05) is 12.8 Å². The minimum absolute atomic E-state index is 0.198. The molecule has 2 heterocycles. The molecule has 3 rings (SSSR count). The number of aromatic nitrogens is 2. The van der Waals surface area contributed by atoms with Crippen LogP contribution in [0, 0.1) is 6.92 Å². The molecule has 3 aromatic rings. The van der Waals surface area contributed by atoms with Gasteiger partial charge in [0.15, 0.2) is 0 Å². The van der Waals surface area contributed by atoms with Crippen LogP contribution in [-0.2, 0) is 0 Å². The first-order chi connectivity index (χ1) is 10.1. The first kappa shape index (κ1) is 14.1. The zero-order valence-corrected chi connectivity index (χ0v) is 13.8. The standard InChI is InChI=1S/C14H12BrN3O2S/c1-7-5-9-12(17-14(16)18-13(9)21-7)20-11-4-3-8(19-2)6-10(11)15/h3-6H,1-2H3,(H2,16,17,18). The summed E-state index contributed by atoms with van der Waals surface area (Å²) in [5.74, 6) is 2.03. The number of nitrogen functional groups attached to an aromatic ring is 1. The number of methoxy groups -OCH3 is 1. The van der Waals surface area contributed by atoms with Crippen molar-refractivity contribution in [2.45, 2.75) is 6.92 Å². The lowest BCUT2D eigenvalue weighted by Crippen LogP contribution is -1.97. The number of rotatable bonds is 3. The maximum atomic E-state index is 5.89. The highest BCUT2D eigenvalue weighted by atomic mass is 79.9. The van der Waals surface area contributed by atoms with E-state index in [1.165, 1.54) is 0 Å². The minimum Gasteiger partial charge on any atom is -0.497 e. The second kappa shape index (κ2) is 5.50. The fourth-order valence-electron chi connectivity index (χ4n) is 1.90. The monoisotopic (exact) mass is 365 g/mol. The Morgan fingerprint density at radius 2 is 2.05 bits per heavy atom. The number of fused-ring (bicyclic) bond motifs is 1. The summed E-state index contributed by atoms with van der Waals surface area (Å²) in [7, 11) is 1.62. The van der Waals surface area contributed by atoms with Gasteiger partial charge in [-0.05, 0) is 47.1 Å². The number of hydrogen-bond donors (Lipinski definition) is 1. The molecule has 5 nitrogen and oxygen atoms in total. The van der Waals surface area contributed by atoms with Crippen LogP contribution < -0.4 is 15.2 Å². The van der Waals surface area contributed by atoms with E-state index in [0.29, 0.717) is 11.6 Å². The minimum atomic E-state index is 0.198. The molecule has 0 aliphatic heterocycles. The van der Waals surface area contributed by atoms with E-state index in [1.54, 1.807) is 18.4 Å². The van der Waals surface area contributed by atoms with Crippen LogP contribution in [0.3, 0.4) is 0 Å². The van der Waals surface area contributed by atoms with E-state index in [9.17, 15) is 0 Å². The number of benzene rings is 1. The van der Waals surface area contributed by atoms with Gasteiger partial charge in [0.25, 0.3) is 0 Å². The molecule has 0 spiro atoms. The number of aryl methyl sites for hydroxylation is 1. The Labute approximate surface area is 133 Å². The Morgan fingerprint density at radius 3 is 2.76 bits per heavy atom. The van der Waals surface area contributed by atoms with Crippen molar-refractivity contribution in [3.63, 3.8) is 0 Å². The van der Waals surface area contributed by atoms with Crippen LogP contribution in [0.1, 0.15) is 4.88 Å². The van der Waals surface area contributed by atoms with Crippen molar-refractivity contribution >= 4 is 43.4 Å². The van der Waals surface area contributed by atoms with E-state index in [2.05, 4.69) is 25.9 Å². The number of nitrogens with two attached hydrogens (primary N) is 1. The summed E-state index contributed by atoms with van der Waals surface area (Å²) in [6.07, 6.45) is 0. The lowest BCUT2D eigenvalue weighted by Gasteiger charge is -2.09. The molecule has 2 N–H and O–H groups in total. The molecule has 0 saturated carbocycles. The van der Waals surface area contributed by atoms with Gasteiger partial charge in [-0.15, -0.1) is 11.3 Å². The van der Waals surface area contributed by atoms with E-state index in [-0.39, 0.29) is 5.95 Å². The molecule has 0 aliphatic rings. The molecule has 7 heteroatoms. The van der Waals surface area contributed by atoms with Crippen molar-refractivity contribution in [1.29, 1.82) is 0 Å². The average molecular weight is 366 g/mol. The van der Waals surface area contributed by atoms with Gasteiger partial charge in [-0.25, -0.2) is 4.98 Å². The molecular weight excluding hydrogens is 354 g/mol. The summed E-state index contributed by atoms with van der Waals surface area (Å²) >= 11 is 5.01. The topological polar surface area (TPSA) is 70.3 Å². The van der Waals surface area contributed by atoms with Crippen LogP contribution in [0.15, 0.2) is 28.7 Å². The van der Waals surface area contributed by atoms with Gasteiger partial charge in [0, 0.05) is 4.88 Å². The van der Waals surface area contributed by atoms with Gasteiger partial charge in [0.1, 0.15) is 16.3 Å². The molecule has 1 aromatic carbocycles. The van der Waals surface area contributed by atoms with Crippen LogP contribution in [0.25, 0.3) is 10.2 Å². The van der Waals surface area contributed by atoms with Crippen molar-refractivity contribution in [3.05, 3.63) is 33.6 Å². The van der Waals surface area contributed by atoms with Gasteiger partial charge in [0.05, 0.1) is 17.0 Å².